The van der Waals surface area contributed by atoms with Gasteiger partial charge in [-0.3, -0.25) is 19.2 Å². The molecular weight excluding hydrogens is 565 g/mol. The van der Waals surface area contributed by atoms with Crippen molar-refractivity contribution in [3.8, 4) is 5.75 Å². The Labute approximate surface area is 231 Å². The Morgan fingerprint density at radius 3 is 1.90 bits per heavy atom. The van der Waals surface area contributed by atoms with Crippen LogP contribution < -0.4 is 20.7 Å². The molecule has 0 aromatic heterocycles. The molecule has 3 amide bonds. The van der Waals surface area contributed by atoms with Crippen LogP contribution in [0.5, 0.6) is 5.75 Å². The van der Waals surface area contributed by atoms with E-state index in [1.807, 2.05) is 10.6 Å². The van der Waals surface area contributed by atoms with E-state index >= 15 is 0 Å². The third-order valence-corrected chi connectivity index (χ3v) is 6.09. The summed E-state index contributed by atoms with van der Waals surface area (Å²) in [6.45, 7) is 3.63. The normalized spacial score (nSPS) is 14.1. The van der Waals surface area contributed by atoms with Gasteiger partial charge < -0.3 is 20.7 Å². The molecule has 218 valence electrons. The summed E-state index contributed by atoms with van der Waals surface area (Å²) in [5.74, 6) is -11.1. The van der Waals surface area contributed by atoms with E-state index in [1.54, 1.807) is 0 Å². The molecule has 0 saturated carbocycles. The SMILES string of the molecule is COc1ccc(C(NC(=O)C(C)NC(=O)C(F)(F)c2ccccc2Cl)C(=O)NC(C(=O)C(F)(F)F)C(C)C)cc1. The molecule has 2 rings (SSSR count). The zero-order chi connectivity index (χ0) is 30.4. The lowest BCUT2D eigenvalue weighted by Gasteiger charge is -2.27. The first kappa shape index (κ1) is 32.5. The molecule has 0 aliphatic rings. The number of Topliss-reactive ketones (excluding diaryl/α,β-unsaturated/α-hetero) is 1. The number of benzene rings is 2. The van der Waals surface area contributed by atoms with Crippen molar-refractivity contribution in [3.05, 3.63) is 64.7 Å². The van der Waals surface area contributed by atoms with Gasteiger partial charge in [0.1, 0.15) is 17.8 Å². The first-order valence-corrected chi connectivity index (χ1v) is 12.2. The highest BCUT2D eigenvalue weighted by Gasteiger charge is 2.46. The predicted molar refractivity (Wildman–Crippen MR) is 135 cm³/mol. The molecule has 0 bridgehead atoms. The lowest BCUT2D eigenvalue weighted by Crippen LogP contribution is -2.55. The molecule has 0 fully saturated rings. The predicted octanol–water partition coefficient (Wildman–Crippen LogP) is 4.07. The highest BCUT2D eigenvalue weighted by Crippen LogP contribution is 2.33. The molecule has 0 aliphatic carbocycles. The minimum atomic E-state index is -5.24. The van der Waals surface area contributed by atoms with Gasteiger partial charge in [0.25, 0.3) is 11.7 Å². The van der Waals surface area contributed by atoms with Crippen LogP contribution in [-0.2, 0) is 25.1 Å². The zero-order valence-corrected chi connectivity index (χ0v) is 22.5. The standard InChI is InChI=1S/C26H27ClF5N3O5/c1-13(2)19(21(36)26(30,31)32)34-23(38)20(15-9-11-16(40-4)12-10-15)35-22(37)14(3)33-24(39)25(28,29)17-7-5-6-8-18(17)27/h5-14,19-20H,1-4H3,(H,33,39)(H,34,38)(H,35,37). The fourth-order valence-electron chi connectivity index (χ4n) is 3.50. The Morgan fingerprint density at radius 2 is 1.40 bits per heavy atom. The molecule has 3 N–H and O–H groups in total. The van der Waals surface area contributed by atoms with Gasteiger partial charge in [0.15, 0.2) is 0 Å². The summed E-state index contributed by atoms with van der Waals surface area (Å²) in [4.78, 5) is 50.2. The molecular formula is C26H27ClF5N3O5. The fraction of sp³-hybridized carbons (Fsp3) is 0.385. The van der Waals surface area contributed by atoms with Gasteiger partial charge in [0.2, 0.25) is 11.8 Å². The summed E-state index contributed by atoms with van der Waals surface area (Å²) in [6.07, 6.45) is -5.24. The number of alkyl halides is 5. The number of hydrogen-bond acceptors (Lipinski definition) is 5. The van der Waals surface area contributed by atoms with Crippen molar-refractivity contribution in [3.63, 3.8) is 0 Å². The van der Waals surface area contributed by atoms with Crippen molar-refractivity contribution in [2.24, 2.45) is 5.92 Å². The molecule has 0 spiro atoms. The van der Waals surface area contributed by atoms with Crippen molar-refractivity contribution in [2.75, 3.05) is 7.11 Å². The maximum absolute atomic E-state index is 14.7. The average molecular weight is 592 g/mol. The summed E-state index contributed by atoms with van der Waals surface area (Å²) in [7, 11) is 1.36. The number of ketones is 1. The van der Waals surface area contributed by atoms with Crippen LogP contribution in [0.4, 0.5) is 22.0 Å². The van der Waals surface area contributed by atoms with Crippen LogP contribution in [0.3, 0.4) is 0 Å². The smallest absolute Gasteiger partial charge is 0.452 e. The van der Waals surface area contributed by atoms with Crippen LogP contribution in [-0.4, -0.2) is 48.9 Å². The van der Waals surface area contributed by atoms with Crippen LogP contribution in [0.1, 0.15) is 37.9 Å². The molecule has 40 heavy (non-hydrogen) atoms. The van der Waals surface area contributed by atoms with Crippen molar-refractivity contribution < 1.29 is 45.9 Å². The number of ether oxygens (including phenoxy) is 1. The first-order chi connectivity index (χ1) is 18.5. The Bertz CT molecular complexity index is 1240. The number of rotatable bonds is 11. The molecule has 3 unspecified atom stereocenters. The molecule has 0 heterocycles. The lowest BCUT2D eigenvalue weighted by atomic mass is 9.97. The third kappa shape index (κ3) is 7.90. The van der Waals surface area contributed by atoms with Gasteiger partial charge in [-0.1, -0.05) is 55.8 Å². The van der Waals surface area contributed by atoms with Gasteiger partial charge in [0.05, 0.1) is 18.2 Å². The fourth-order valence-corrected chi connectivity index (χ4v) is 3.76. The molecule has 14 heteroatoms. The van der Waals surface area contributed by atoms with E-state index in [1.165, 1.54) is 57.4 Å². The van der Waals surface area contributed by atoms with E-state index in [0.29, 0.717) is 5.75 Å². The van der Waals surface area contributed by atoms with E-state index in [0.717, 1.165) is 19.1 Å². The maximum atomic E-state index is 14.7. The number of hydrogen-bond donors (Lipinski definition) is 3. The second-order valence-corrected chi connectivity index (χ2v) is 9.46. The molecule has 8 nitrogen and oxygen atoms in total. The van der Waals surface area contributed by atoms with Crippen LogP contribution in [0.2, 0.25) is 5.02 Å². The van der Waals surface area contributed by atoms with Crippen LogP contribution in [0.15, 0.2) is 48.5 Å². The minimum Gasteiger partial charge on any atom is -0.497 e. The average Bonchev–Trinajstić information content (AvgIpc) is 2.89. The second-order valence-electron chi connectivity index (χ2n) is 9.06. The molecule has 0 aliphatic heterocycles. The largest absolute Gasteiger partial charge is 0.497 e. The van der Waals surface area contributed by atoms with Crippen molar-refractivity contribution in [2.45, 2.75) is 51.0 Å². The number of methoxy groups -OCH3 is 1. The molecule has 0 radical (unpaired) electrons. The van der Waals surface area contributed by atoms with Gasteiger partial charge in [-0.15, -0.1) is 0 Å². The lowest BCUT2D eigenvalue weighted by molar-refractivity contribution is -0.175. The highest BCUT2D eigenvalue weighted by atomic mass is 35.5. The van der Waals surface area contributed by atoms with Gasteiger partial charge in [-0.2, -0.15) is 22.0 Å². The third-order valence-electron chi connectivity index (χ3n) is 5.76. The van der Waals surface area contributed by atoms with E-state index in [9.17, 15) is 41.1 Å². The number of halogens is 6. The summed E-state index contributed by atoms with van der Waals surface area (Å²) >= 11 is 5.77. The van der Waals surface area contributed by atoms with Gasteiger partial charge in [0, 0.05) is 5.56 Å². The Hall–Kier alpha value is -3.74. The molecule has 2 aromatic carbocycles. The van der Waals surface area contributed by atoms with E-state index in [2.05, 4.69) is 5.32 Å². The van der Waals surface area contributed by atoms with Crippen LogP contribution >= 0.6 is 11.6 Å². The van der Waals surface area contributed by atoms with E-state index in [-0.39, 0.29) is 10.6 Å². The van der Waals surface area contributed by atoms with Gasteiger partial charge in [-0.05, 0) is 36.6 Å². The maximum Gasteiger partial charge on any atom is 0.452 e. The van der Waals surface area contributed by atoms with E-state index in [4.69, 9.17) is 16.3 Å². The molecule has 0 saturated heterocycles. The Kier molecular flexibility index (Phi) is 10.6. The van der Waals surface area contributed by atoms with Crippen molar-refractivity contribution in [1.82, 2.24) is 16.0 Å². The number of carbonyl (C=O) groups is 4. The number of carbonyl (C=O) groups excluding carboxylic acids is 4. The Balaban J connectivity index is 2.30. The minimum absolute atomic E-state index is 0.0635. The Morgan fingerprint density at radius 1 is 0.825 bits per heavy atom. The highest BCUT2D eigenvalue weighted by molar-refractivity contribution is 6.31. The summed E-state index contributed by atoms with van der Waals surface area (Å²) in [5.41, 5.74) is -0.736. The topological polar surface area (TPSA) is 114 Å². The monoisotopic (exact) mass is 591 g/mol. The van der Waals surface area contributed by atoms with E-state index < -0.39 is 65.2 Å². The summed E-state index contributed by atoms with van der Waals surface area (Å²) in [6, 6.07) is 4.88. The molecule has 3 atom stereocenters. The zero-order valence-electron chi connectivity index (χ0n) is 21.7. The second kappa shape index (κ2) is 13.1. The van der Waals surface area contributed by atoms with Gasteiger partial charge >= 0.3 is 12.1 Å². The van der Waals surface area contributed by atoms with Crippen molar-refractivity contribution >= 4 is 35.1 Å². The summed E-state index contributed by atoms with van der Waals surface area (Å²) in [5, 5.41) is 5.70. The van der Waals surface area contributed by atoms with Crippen LogP contribution in [0.25, 0.3) is 0 Å². The van der Waals surface area contributed by atoms with Crippen LogP contribution in [0, 0.1) is 5.92 Å². The number of amides is 3. The van der Waals surface area contributed by atoms with Gasteiger partial charge in [-0.25, -0.2) is 0 Å². The first-order valence-electron chi connectivity index (χ1n) is 11.8. The summed E-state index contributed by atoms with van der Waals surface area (Å²) < 4.78 is 73.8. The quantitative estimate of drug-likeness (QED) is 0.341. The number of nitrogens with one attached hydrogen (secondary N) is 3. The van der Waals surface area contributed by atoms with Crippen molar-refractivity contribution in [1.29, 1.82) is 0 Å². The molecule has 2 aromatic rings.